The van der Waals surface area contributed by atoms with Gasteiger partial charge in [0.05, 0.1) is 17.0 Å². The fourth-order valence-electron chi connectivity index (χ4n) is 2.20. The van der Waals surface area contributed by atoms with Crippen LogP contribution in [0.5, 0.6) is 0 Å². The van der Waals surface area contributed by atoms with Crippen LogP contribution in [0.15, 0.2) is 0 Å². The molecule has 0 bridgehead atoms. The number of carbonyl (C=O) groups is 1. The molecule has 1 aromatic heterocycles. The van der Waals surface area contributed by atoms with Gasteiger partial charge in [0.25, 0.3) is 5.91 Å². The van der Waals surface area contributed by atoms with E-state index in [9.17, 15) is 4.79 Å². The summed E-state index contributed by atoms with van der Waals surface area (Å²) < 4.78 is 1.87. The van der Waals surface area contributed by atoms with Gasteiger partial charge in [-0.05, 0) is 18.8 Å². The minimum atomic E-state index is 0.0358. The quantitative estimate of drug-likeness (QED) is 0.824. The Bertz CT molecular complexity index is 421. The van der Waals surface area contributed by atoms with Crippen molar-refractivity contribution in [1.29, 1.82) is 0 Å². The van der Waals surface area contributed by atoms with E-state index in [0.29, 0.717) is 12.5 Å². The predicted molar refractivity (Wildman–Crippen MR) is 78.4 cm³/mol. The highest BCUT2D eigenvalue weighted by Crippen LogP contribution is 2.17. The van der Waals surface area contributed by atoms with Crippen LogP contribution in [-0.2, 0) is 19.9 Å². The number of carbonyl (C=O) groups excluding carboxylic acids is 1. The van der Waals surface area contributed by atoms with E-state index in [1.165, 1.54) is 0 Å². The Balaban J connectivity index is 3.02. The van der Waals surface area contributed by atoms with Gasteiger partial charge in [0.2, 0.25) is 0 Å². The van der Waals surface area contributed by atoms with Gasteiger partial charge in [0, 0.05) is 13.6 Å². The van der Waals surface area contributed by atoms with Crippen LogP contribution in [-0.4, -0.2) is 22.2 Å². The number of hydrogen-bond donors (Lipinski definition) is 1. The number of aryl methyl sites for hydroxylation is 2. The monoisotopic (exact) mass is 265 g/mol. The summed E-state index contributed by atoms with van der Waals surface area (Å²) in [4.78, 5) is 12.4. The minimum absolute atomic E-state index is 0.0358. The second-order valence-corrected chi connectivity index (χ2v) is 5.50. The van der Waals surface area contributed by atoms with E-state index >= 15 is 0 Å². The molecule has 0 saturated carbocycles. The zero-order valence-electron chi connectivity index (χ0n) is 12.9. The largest absolute Gasteiger partial charge is 0.352 e. The molecular formula is C15H27N3O. The first-order valence-corrected chi connectivity index (χ1v) is 7.34. The molecule has 1 amide bonds. The lowest BCUT2D eigenvalue weighted by molar-refractivity contribution is 0.0947. The fourth-order valence-corrected chi connectivity index (χ4v) is 2.20. The van der Waals surface area contributed by atoms with E-state index in [-0.39, 0.29) is 5.91 Å². The fraction of sp³-hybridized carbons (Fsp3) is 0.733. The molecule has 0 fully saturated rings. The molecule has 4 heteroatoms. The summed E-state index contributed by atoms with van der Waals surface area (Å²) in [6, 6.07) is 0. The molecule has 0 atom stereocenters. The molecule has 1 N–H and O–H groups in total. The maximum absolute atomic E-state index is 12.4. The molecule has 0 aliphatic heterocycles. The summed E-state index contributed by atoms with van der Waals surface area (Å²) in [5, 5.41) is 7.54. The highest BCUT2D eigenvalue weighted by Gasteiger charge is 2.21. The second kappa shape index (κ2) is 7.31. The van der Waals surface area contributed by atoms with Crippen LogP contribution in [0, 0.1) is 5.92 Å². The minimum Gasteiger partial charge on any atom is -0.352 e. The average Bonchev–Trinajstić information content (AvgIpc) is 2.64. The van der Waals surface area contributed by atoms with Crippen molar-refractivity contribution >= 4 is 5.91 Å². The number of amides is 1. The molecule has 1 rings (SSSR count). The normalized spacial score (nSPS) is 11.1. The summed E-state index contributed by atoms with van der Waals surface area (Å²) in [7, 11) is 1.93. The topological polar surface area (TPSA) is 46.9 Å². The van der Waals surface area contributed by atoms with E-state index in [0.717, 1.165) is 42.6 Å². The van der Waals surface area contributed by atoms with Crippen molar-refractivity contribution in [1.82, 2.24) is 15.1 Å². The SMILES string of the molecule is CCCc1nn(C)c(CCC)c1C(=O)NCC(C)C. The van der Waals surface area contributed by atoms with Gasteiger partial charge in [-0.2, -0.15) is 5.10 Å². The van der Waals surface area contributed by atoms with Crippen LogP contribution in [0.4, 0.5) is 0 Å². The number of rotatable bonds is 7. The smallest absolute Gasteiger partial charge is 0.255 e. The number of aromatic nitrogens is 2. The van der Waals surface area contributed by atoms with E-state index in [2.05, 4.69) is 38.1 Å². The molecule has 108 valence electrons. The number of nitrogens with one attached hydrogen (secondary N) is 1. The Kier molecular flexibility index (Phi) is 6.06. The molecule has 0 spiro atoms. The maximum Gasteiger partial charge on any atom is 0.255 e. The molecule has 4 nitrogen and oxygen atoms in total. The van der Waals surface area contributed by atoms with Crippen LogP contribution in [0.3, 0.4) is 0 Å². The lowest BCUT2D eigenvalue weighted by atomic mass is 10.1. The van der Waals surface area contributed by atoms with E-state index in [4.69, 9.17) is 0 Å². The summed E-state index contributed by atoms with van der Waals surface area (Å²) >= 11 is 0. The van der Waals surface area contributed by atoms with Crippen molar-refractivity contribution in [2.24, 2.45) is 13.0 Å². The Labute approximate surface area is 116 Å². The van der Waals surface area contributed by atoms with E-state index in [1.807, 2.05) is 11.7 Å². The second-order valence-electron chi connectivity index (χ2n) is 5.50. The van der Waals surface area contributed by atoms with Gasteiger partial charge in [0.15, 0.2) is 0 Å². The van der Waals surface area contributed by atoms with Gasteiger partial charge >= 0.3 is 0 Å². The zero-order valence-corrected chi connectivity index (χ0v) is 12.9. The summed E-state index contributed by atoms with van der Waals surface area (Å²) in [6.45, 7) is 9.16. The van der Waals surface area contributed by atoms with Gasteiger partial charge in [0.1, 0.15) is 0 Å². The van der Waals surface area contributed by atoms with Crippen LogP contribution < -0.4 is 5.32 Å². The van der Waals surface area contributed by atoms with Gasteiger partial charge in [-0.15, -0.1) is 0 Å². The summed E-state index contributed by atoms with van der Waals surface area (Å²) in [6.07, 6.45) is 3.79. The first-order valence-electron chi connectivity index (χ1n) is 7.34. The van der Waals surface area contributed by atoms with Crippen molar-refractivity contribution < 1.29 is 4.79 Å². The van der Waals surface area contributed by atoms with Gasteiger partial charge in [-0.3, -0.25) is 9.48 Å². The van der Waals surface area contributed by atoms with Crippen LogP contribution >= 0.6 is 0 Å². The van der Waals surface area contributed by atoms with Crippen molar-refractivity contribution in [2.75, 3.05) is 6.54 Å². The Hall–Kier alpha value is -1.32. The summed E-state index contributed by atoms with van der Waals surface area (Å²) in [5.41, 5.74) is 2.81. The van der Waals surface area contributed by atoms with E-state index < -0.39 is 0 Å². The van der Waals surface area contributed by atoms with Crippen molar-refractivity contribution in [3.8, 4) is 0 Å². The van der Waals surface area contributed by atoms with Crippen molar-refractivity contribution in [3.63, 3.8) is 0 Å². The lowest BCUT2D eigenvalue weighted by Gasteiger charge is -2.09. The molecule has 0 saturated heterocycles. The van der Waals surface area contributed by atoms with Crippen LogP contribution in [0.2, 0.25) is 0 Å². The van der Waals surface area contributed by atoms with E-state index in [1.54, 1.807) is 0 Å². The highest BCUT2D eigenvalue weighted by atomic mass is 16.1. The average molecular weight is 265 g/mol. The Morgan fingerprint density at radius 3 is 2.42 bits per heavy atom. The Morgan fingerprint density at radius 2 is 1.89 bits per heavy atom. The summed E-state index contributed by atoms with van der Waals surface area (Å²) in [5.74, 6) is 0.499. The third kappa shape index (κ3) is 4.08. The predicted octanol–water partition coefficient (Wildman–Crippen LogP) is 2.71. The molecule has 0 aromatic carbocycles. The first kappa shape index (κ1) is 15.7. The third-order valence-corrected chi connectivity index (χ3v) is 3.11. The molecule has 1 aromatic rings. The maximum atomic E-state index is 12.4. The lowest BCUT2D eigenvalue weighted by Crippen LogP contribution is -2.28. The third-order valence-electron chi connectivity index (χ3n) is 3.11. The molecule has 1 heterocycles. The molecule has 0 unspecified atom stereocenters. The Morgan fingerprint density at radius 1 is 1.26 bits per heavy atom. The first-order chi connectivity index (χ1) is 9.01. The molecule has 0 radical (unpaired) electrons. The van der Waals surface area contributed by atoms with Gasteiger partial charge in [-0.25, -0.2) is 0 Å². The van der Waals surface area contributed by atoms with Crippen molar-refractivity contribution in [2.45, 2.75) is 53.4 Å². The zero-order chi connectivity index (χ0) is 14.4. The van der Waals surface area contributed by atoms with Crippen LogP contribution in [0.25, 0.3) is 0 Å². The molecule has 0 aliphatic carbocycles. The highest BCUT2D eigenvalue weighted by molar-refractivity contribution is 5.96. The van der Waals surface area contributed by atoms with Crippen molar-refractivity contribution in [3.05, 3.63) is 17.0 Å². The molecule has 0 aliphatic rings. The van der Waals surface area contributed by atoms with Crippen LogP contribution in [0.1, 0.15) is 62.3 Å². The molecular weight excluding hydrogens is 238 g/mol. The molecule has 19 heavy (non-hydrogen) atoms. The standard InChI is InChI=1S/C15H27N3O/c1-6-8-12-14(15(19)16-10-11(3)4)13(9-7-2)18(5)17-12/h11H,6-10H2,1-5H3,(H,16,19). The van der Waals surface area contributed by atoms with Gasteiger partial charge < -0.3 is 5.32 Å². The number of nitrogens with zero attached hydrogens (tertiary/aromatic N) is 2. The van der Waals surface area contributed by atoms with Gasteiger partial charge in [-0.1, -0.05) is 40.5 Å². The number of hydrogen-bond acceptors (Lipinski definition) is 2.